The van der Waals surface area contributed by atoms with Gasteiger partial charge in [0, 0.05) is 53.4 Å². The number of anilines is 3. The molecule has 0 atom stereocenters. The molecule has 0 aliphatic rings. The quantitative estimate of drug-likeness (QED) is 0.153. The molecule has 276 valence electrons. The molecule has 3 heteroatoms. The zero-order valence-corrected chi connectivity index (χ0v) is 32.9. The van der Waals surface area contributed by atoms with Crippen LogP contribution in [0.4, 0.5) is 17.1 Å². The van der Waals surface area contributed by atoms with Crippen LogP contribution in [0, 0.1) is 0 Å². The number of aromatic nitrogens is 1. The minimum Gasteiger partial charge on any atom is -0.310 e. The number of rotatable bonds is 6. The molecule has 0 N–H and O–H groups in total. The predicted octanol–water partition coefficient (Wildman–Crippen LogP) is 16.3. The Morgan fingerprint density at radius 1 is 0.322 bits per heavy atom. The Morgan fingerprint density at radius 2 is 0.864 bits per heavy atom. The molecule has 0 bridgehead atoms. The van der Waals surface area contributed by atoms with Crippen molar-refractivity contribution < 1.29 is 0 Å². The highest BCUT2D eigenvalue weighted by Gasteiger charge is 2.19. The largest absolute Gasteiger partial charge is 0.310 e. The molecule has 10 aromatic carbocycles. The van der Waals surface area contributed by atoms with E-state index in [9.17, 15) is 0 Å². The van der Waals surface area contributed by atoms with Gasteiger partial charge in [-0.3, -0.25) is 0 Å². The molecule has 0 aliphatic carbocycles. The number of benzene rings is 10. The van der Waals surface area contributed by atoms with E-state index in [1.165, 1.54) is 91.5 Å². The number of fused-ring (bicyclic) bond motifs is 9. The SMILES string of the molecule is c1ccc(-n2c3ccccc3c3cc(-c4ccc(N(c5ccc(-c6ccc7c(c6)sc6ccccc67)cc5)c5cc6ccccc6c6ccccc56)cc4)ccc32)cc1. The molecule has 59 heavy (non-hydrogen) atoms. The van der Waals surface area contributed by atoms with Gasteiger partial charge in [0.25, 0.3) is 0 Å². The minimum absolute atomic E-state index is 1.11. The Bertz CT molecular complexity index is 3540. The van der Waals surface area contributed by atoms with Gasteiger partial charge in [-0.2, -0.15) is 0 Å². The van der Waals surface area contributed by atoms with E-state index in [1.807, 2.05) is 11.3 Å². The maximum atomic E-state index is 2.42. The first-order valence-electron chi connectivity index (χ1n) is 20.2. The molecule has 2 aromatic heterocycles. The van der Waals surface area contributed by atoms with Gasteiger partial charge in [0.1, 0.15) is 0 Å². The van der Waals surface area contributed by atoms with Gasteiger partial charge in [-0.15, -0.1) is 11.3 Å². The van der Waals surface area contributed by atoms with Gasteiger partial charge in [0.2, 0.25) is 0 Å². The fourth-order valence-corrected chi connectivity index (χ4v) is 10.3. The minimum atomic E-state index is 1.11. The van der Waals surface area contributed by atoms with Crippen LogP contribution in [0.3, 0.4) is 0 Å². The van der Waals surface area contributed by atoms with Gasteiger partial charge in [0.05, 0.1) is 16.7 Å². The summed E-state index contributed by atoms with van der Waals surface area (Å²) in [5.74, 6) is 0. The third kappa shape index (κ3) is 5.55. The average molecular weight is 769 g/mol. The number of nitrogens with zero attached hydrogens (tertiary/aromatic N) is 2. The van der Waals surface area contributed by atoms with Crippen molar-refractivity contribution in [1.29, 1.82) is 0 Å². The fourth-order valence-electron chi connectivity index (χ4n) is 9.17. The lowest BCUT2D eigenvalue weighted by atomic mass is 9.98. The highest BCUT2D eigenvalue weighted by Crippen LogP contribution is 2.44. The molecule has 0 amide bonds. The van der Waals surface area contributed by atoms with Crippen LogP contribution in [0.2, 0.25) is 0 Å². The first-order valence-corrected chi connectivity index (χ1v) is 21.0. The maximum absolute atomic E-state index is 2.42. The highest BCUT2D eigenvalue weighted by atomic mass is 32.1. The molecule has 0 spiro atoms. The topological polar surface area (TPSA) is 8.17 Å². The normalized spacial score (nSPS) is 11.7. The Morgan fingerprint density at radius 3 is 1.63 bits per heavy atom. The summed E-state index contributed by atoms with van der Waals surface area (Å²) in [6, 6.07) is 80.0. The Hall–Kier alpha value is -7.46. The van der Waals surface area contributed by atoms with E-state index in [0.29, 0.717) is 0 Å². The second kappa shape index (κ2) is 13.6. The second-order valence-electron chi connectivity index (χ2n) is 15.3. The predicted molar refractivity (Wildman–Crippen MR) is 254 cm³/mol. The van der Waals surface area contributed by atoms with Crippen molar-refractivity contribution in [1.82, 2.24) is 4.57 Å². The summed E-state index contributed by atoms with van der Waals surface area (Å²) in [6.45, 7) is 0. The number of hydrogen-bond acceptors (Lipinski definition) is 2. The van der Waals surface area contributed by atoms with Gasteiger partial charge >= 0.3 is 0 Å². The molecule has 12 aromatic rings. The van der Waals surface area contributed by atoms with Crippen molar-refractivity contribution in [3.8, 4) is 27.9 Å². The Labute approximate surface area is 346 Å². The van der Waals surface area contributed by atoms with Crippen LogP contribution in [0.25, 0.3) is 91.5 Å². The van der Waals surface area contributed by atoms with Crippen molar-refractivity contribution in [3.05, 3.63) is 218 Å². The maximum Gasteiger partial charge on any atom is 0.0546 e. The first kappa shape index (κ1) is 33.7. The van der Waals surface area contributed by atoms with Crippen molar-refractivity contribution in [2.24, 2.45) is 0 Å². The molecular formula is C56H36N2S. The summed E-state index contributed by atoms with van der Waals surface area (Å²) in [5, 5.41) is 10.1. The fraction of sp³-hybridized carbons (Fsp3) is 0. The highest BCUT2D eigenvalue weighted by molar-refractivity contribution is 7.25. The number of hydrogen-bond donors (Lipinski definition) is 0. The van der Waals surface area contributed by atoms with Crippen molar-refractivity contribution in [2.75, 3.05) is 4.90 Å². The first-order chi connectivity index (χ1) is 29.2. The van der Waals surface area contributed by atoms with E-state index >= 15 is 0 Å². The average Bonchev–Trinajstić information content (AvgIpc) is 3.85. The lowest BCUT2D eigenvalue weighted by molar-refractivity contribution is 1.18. The van der Waals surface area contributed by atoms with E-state index in [-0.39, 0.29) is 0 Å². The van der Waals surface area contributed by atoms with Crippen LogP contribution in [0.5, 0.6) is 0 Å². The molecular weight excluding hydrogens is 733 g/mol. The van der Waals surface area contributed by atoms with Crippen molar-refractivity contribution in [3.63, 3.8) is 0 Å². The molecule has 0 radical (unpaired) electrons. The molecule has 0 fully saturated rings. The lowest BCUT2D eigenvalue weighted by Gasteiger charge is -2.28. The van der Waals surface area contributed by atoms with Crippen molar-refractivity contribution in [2.45, 2.75) is 0 Å². The molecule has 0 saturated heterocycles. The monoisotopic (exact) mass is 768 g/mol. The molecule has 2 heterocycles. The van der Waals surface area contributed by atoms with Gasteiger partial charge < -0.3 is 9.47 Å². The van der Waals surface area contributed by atoms with Gasteiger partial charge in [-0.05, 0) is 111 Å². The summed E-state index contributed by atoms with van der Waals surface area (Å²) in [4.78, 5) is 2.42. The van der Waals surface area contributed by atoms with Gasteiger partial charge in [-0.1, -0.05) is 146 Å². The third-order valence-corrected chi connectivity index (χ3v) is 13.1. The summed E-state index contributed by atoms with van der Waals surface area (Å²) in [7, 11) is 0. The van der Waals surface area contributed by atoms with E-state index in [1.54, 1.807) is 0 Å². The van der Waals surface area contributed by atoms with Crippen molar-refractivity contribution >= 4 is 91.9 Å². The summed E-state index contributed by atoms with van der Waals surface area (Å²) < 4.78 is 5.02. The van der Waals surface area contributed by atoms with Gasteiger partial charge in [0.15, 0.2) is 0 Å². The second-order valence-corrected chi connectivity index (χ2v) is 16.4. The summed E-state index contributed by atoms with van der Waals surface area (Å²) in [5.41, 5.74) is 11.8. The zero-order valence-electron chi connectivity index (χ0n) is 32.1. The summed E-state index contributed by atoms with van der Waals surface area (Å²) >= 11 is 1.87. The lowest BCUT2D eigenvalue weighted by Crippen LogP contribution is -2.10. The molecule has 0 aliphatic heterocycles. The Kier molecular flexibility index (Phi) is 7.75. The van der Waals surface area contributed by atoms with E-state index < -0.39 is 0 Å². The summed E-state index contributed by atoms with van der Waals surface area (Å²) in [6.07, 6.45) is 0. The zero-order chi connectivity index (χ0) is 38.9. The standard InChI is InChI=1S/C56H36N2S/c1-2-13-42(14-3-1)58-52-20-10-8-18-48(52)51-34-39(27-33-53(51)58)37-22-28-43(29-23-37)57(54-35-41-12-4-5-15-45(41)46-16-6-7-17-47(46)54)44-30-24-38(25-31-44)40-26-32-50-49-19-9-11-21-55(49)59-56(50)36-40/h1-36H. The molecule has 0 saturated carbocycles. The third-order valence-electron chi connectivity index (χ3n) is 12.0. The van der Waals surface area contributed by atoms with Crippen LogP contribution in [-0.4, -0.2) is 4.57 Å². The van der Waals surface area contributed by atoms with E-state index in [4.69, 9.17) is 0 Å². The van der Waals surface area contributed by atoms with E-state index in [2.05, 4.69) is 228 Å². The number of thiophene rings is 1. The van der Waals surface area contributed by atoms with Crippen LogP contribution in [0.1, 0.15) is 0 Å². The molecule has 2 nitrogen and oxygen atoms in total. The van der Waals surface area contributed by atoms with Crippen LogP contribution >= 0.6 is 11.3 Å². The Balaban J connectivity index is 0.976. The smallest absolute Gasteiger partial charge is 0.0546 e. The number of para-hydroxylation sites is 2. The van der Waals surface area contributed by atoms with Crippen LogP contribution in [-0.2, 0) is 0 Å². The molecule has 12 rings (SSSR count). The van der Waals surface area contributed by atoms with Crippen LogP contribution in [0.15, 0.2) is 218 Å². The van der Waals surface area contributed by atoms with Crippen LogP contribution < -0.4 is 4.90 Å². The van der Waals surface area contributed by atoms with Gasteiger partial charge in [-0.25, -0.2) is 0 Å². The van der Waals surface area contributed by atoms with E-state index in [0.717, 1.165) is 17.1 Å². The molecule has 0 unspecified atom stereocenters.